The molecule has 2 N–H and O–H groups in total. The van der Waals surface area contributed by atoms with Crippen LogP contribution in [0.2, 0.25) is 0 Å². The summed E-state index contributed by atoms with van der Waals surface area (Å²) in [7, 11) is 3.89. The first-order valence-electron chi connectivity index (χ1n) is 5.83. The Kier molecular flexibility index (Phi) is 4.20. The van der Waals surface area contributed by atoms with Crippen molar-refractivity contribution in [3.05, 3.63) is 11.4 Å². The summed E-state index contributed by atoms with van der Waals surface area (Å²) in [5.74, 6) is 1.29. The van der Waals surface area contributed by atoms with Gasteiger partial charge >= 0.3 is 0 Å². The second kappa shape index (κ2) is 5.70. The van der Waals surface area contributed by atoms with E-state index in [2.05, 4.69) is 20.2 Å². The first kappa shape index (κ1) is 14.0. The first-order chi connectivity index (χ1) is 9.01. The van der Waals surface area contributed by atoms with Crippen LogP contribution in [0, 0.1) is 6.92 Å². The number of aryl methyl sites for hydroxylation is 1. The molecule has 0 amide bonds. The van der Waals surface area contributed by atoms with Gasteiger partial charge in [-0.1, -0.05) is 18.3 Å². The zero-order valence-electron chi connectivity index (χ0n) is 11.3. The highest BCUT2D eigenvalue weighted by molar-refractivity contribution is 8.01. The van der Waals surface area contributed by atoms with E-state index < -0.39 is 0 Å². The van der Waals surface area contributed by atoms with Gasteiger partial charge in [-0.25, -0.2) is 9.97 Å². The van der Waals surface area contributed by atoms with E-state index in [0.29, 0.717) is 5.82 Å². The summed E-state index contributed by atoms with van der Waals surface area (Å²) in [6.07, 6.45) is 0.761. The van der Waals surface area contributed by atoms with Crippen LogP contribution in [0.3, 0.4) is 0 Å². The van der Waals surface area contributed by atoms with Crippen molar-refractivity contribution in [1.29, 1.82) is 0 Å². The van der Waals surface area contributed by atoms with Gasteiger partial charge in [0.15, 0.2) is 4.34 Å². The Morgan fingerprint density at radius 3 is 2.58 bits per heavy atom. The van der Waals surface area contributed by atoms with E-state index in [9.17, 15) is 0 Å². The lowest BCUT2D eigenvalue weighted by Gasteiger charge is -2.07. The molecule has 0 unspecified atom stereocenters. The minimum atomic E-state index is 0.534. The molecular formula is C11H16N6S2. The predicted molar refractivity (Wildman–Crippen MR) is 78.9 cm³/mol. The van der Waals surface area contributed by atoms with Crippen molar-refractivity contribution in [2.24, 2.45) is 0 Å². The SMILES string of the molecule is CCc1nc(N)c(C)c(Sc2nnc(N(C)C)s2)n1. The molecule has 0 fully saturated rings. The van der Waals surface area contributed by atoms with Crippen molar-refractivity contribution in [2.45, 2.75) is 29.6 Å². The Morgan fingerprint density at radius 1 is 1.26 bits per heavy atom. The molecule has 2 rings (SSSR count). The van der Waals surface area contributed by atoms with Crippen molar-refractivity contribution in [2.75, 3.05) is 24.7 Å². The number of rotatable bonds is 4. The van der Waals surface area contributed by atoms with Crippen LogP contribution in [-0.4, -0.2) is 34.3 Å². The summed E-state index contributed by atoms with van der Waals surface area (Å²) >= 11 is 3.01. The molecule has 0 radical (unpaired) electrons. The second-order valence-corrected chi connectivity index (χ2v) is 6.35. The molecule has 0 aromatic carbocycles. The highest BCUT2D eigenvalue weighted by Gasteiger charge is 2.13. The molecule has 0 atom stereocenters. The average molecular weight is 296 g/mol. The van der Waals surface area contributed by atoms with Gasteiger partial charge in [0.2, 0.25) is 5.13 Å². The van der Waals surface area contributed by atoms with Crippen LogP contribution in [0.1, 0.15) is 18.3 Å². The summed E-state index contributed by atoms with van der Waals surface area (Å²) in [6.45, 7) is 3.93. The van der Waals surface area contributed by atoms with Crippen LogP contribution < -0.4 is 10.6 Å². The smallest absolute Gasteiger partial charge is 0.208 e. The zero-order valence-corrected chi connectivity index (χ0v) is 13.0. The molecule has 0 saturated carbocycles. The maximum absolute atomic E-state index is 5.90. The second-order valence-electron chi connectivity index (χ2n) is 4.16. The summed E-state index contributed by atoms with van der Waals surface area (Å²) < 4.78 is 0.854. The Morgan fingerprint density at radius 2 is 2.00 bits per heavy atom. The Hall–Kier alpha value is -1.41. The molecule has 2 heterocycles. The molecule has 0 aliphatic carbocycles. The Labute approximate surface area is 120 Å². The van der Waals surface area contributed by atoms with Crippen molar-refractivity contribution in [3.8, 4) is 0 Å². The average Bonchev–Trinajstić information content (AvgIpc) is 2.83. The van der Waals surface area contributed by atoms with Gasteiger partial charge in [-0.05, 0) is 18.7 Å². The van der Waals surface area contributed by atoms with E-state index in [1.165, 1.54) is 23.1 Å². The van der Waals surface area contributed by atoms with Gasteiger partial charge in [-0.15, -0.1) is 10.2 Å². The fraction of sp³-hybridized carbons (Fsp3) is 0.455. The molecule has 0 spiro atoms. The van der Waals surface area contributed by atoms with Crippen molar-refractivity contribution in [1.82, 2.24) is 20.2 Å². The van der Waals surface area contributed by atoms with Gasteiger partial charge in [-0.3, -0.25) is 0 Å². The van der Waals surface area contributed by atoms with Crippen LogP contribution in [0.5, 0.6) is 0 Å². The fourth-order valence-corrected chi connectivity index (χ4v) is 3.11. The maximum atomic E-state index is 5.90. The summed E-state index contributed by atoms with van der Waals surface area (Å²) in [5.41, 5.74) is 6.79. The minimum absolute atomic E-state index is 0.534. The van der Waals surface area contributed by atoms with Gasteiger partial charge < -0.3 is 10.6 Å². The Bertz CT molecular complexity index is 581. The molecule has 0 aliphatic heterocycles. The Balaban J connectivity index is 2.29. The van der Waals surface area contributed by atoms with E-state index in [4.69, 9.17) is 5.73 Å². The van der Waals surface area contributed by atoms with Gasteiger partial charge in [0.25, 0.3) is 0 Å². The third kappa shape index (κ3) is 3.13. The van der Waals surface area contributed by atoms with E-state index in [1.807, 2.05) is 32.8 Å². The van der Waals surface area contributed by atoms with Gasteiger partial charge in [0, 0.05) is 26.1 Å². The molecule has 2 aromatic rings. The van der Waals surface area contributed by atoms with Crippen molar-refractivity contribution in [3.63, 3.8) is 0 Å². The molecule has 19 heavy (non-hydrogen) atoms. The third-order valence-electron chi connectivity index (χ3n) is 2.46. The van der Waals surface area contributed by atoms with Crippen LogP contribution in [0.4, 0.5) is 10.9 Å². The minimum Gasteiger partial charge on any atom is -0.383 e. The highest BCUT2D eigenvalue weighted by atomic mass is 32.2. The number of nitrogens with zero attached hydrogens (tertiary/aromatic N) is 5. The number of anilines is 2. The van der Waals surface area contributed by atoms with Crippen LogP contribution in [-0.2, 0) is 6.42 Å². The summed E-state index contributed by atoms with van der Waals surface area (Å²) in [4.78, 5) is 10.7. The lowest BCUT2D eigenvalue weighted by atomic mass is 10.3. The van der Waals surface area contributed by atoms with Crippen LogP contribution in [0.15, 0.2) is 9.37 Å². The fourth-order valence-electron chi connectivity index (χ4n) is 1.32. The lowest BCUT2D eigenvalue weighted by molar-refractivity contribution is 0.876. The van der Waals surface area contributed by atoms with E-state index in [-0.39, 0.29) is 0 Å². The molecule has 0 aliphatic rings. The van der Waals surface area contributed by atoms with Gasteiger partial charge in [0.05, 0.1) is 0 Å². The van der Waals surface area contributed by atoms with E-state index in [0.717, 1.165) is 32.3 Å². The summed E-state index contributed by atoms with van der Waals surface area (Å²) in [5, 5.41) is 9.98. The molecule has 6 nitrogen and oxygen atoms in total. The highest BCUT2D eigenvalue weighted by Crippen LogP contribution is 2.34. The largest absolute Gasteiger partial charge is 0.383 e. The number of hydrogen-bond acceptors (Lipinski definition) is 8. The van der Waals surface area contributed by atoms with Gasteiger partial charge in [0.1, 0.15) is 16.7 Å². The predicted octanol–water partition coefficient (Wildman–Crippen LogP) is 2.00. The number of nitrogen functional groups attached to an aromatic ring is 1. The van der Waals surface area contributed by atoms with Gasteiger partial charge in [-0.2, -0.15) is 0 Å². The molecular weight excluding hydrogens is 280 g/mol. The normalized spacial score (nSPS) is 10.7. The summed E-state index contributed by atoms with van der Waals surface area (Å²) in [6, 6.07) is 0. The van der Waals surface area contributed by atoms with Crippen molar-refractivity contribution >= 4 is 34.0 Å². The molecule has 2 aromatic heterocycles. The number of hydrogen-bond donors (Lipinski definition) is 1. The topological polar surface area (TPSA) is 80.8 Å². The first-order valence-corrected chi connectivity index (χ1v) is 7.46. The van der Waals surface area contributed by atoms with E-state index in [1.54, 1.807) is 0 Å². The number of aromatic nitrogens is 4. The van der Waals surface area contributed by atoms with Crippen LogP contribution >= 0.6 is 23.1 Å². The molecule has 8 heteroatoms. The van der Waals surface area contributed by atoms with E-state index >= 15 is 0 Å². The lowest BCUT2D eigenvalue weighted by Crippen LogP contribution is -2.07. The number of nitrogens with two attached hydrogens (primary N) is 1. The quantitative estimate of drug-likeness (QED) is 0.864. The molecule has 0 bridgehead atoms. The van der Waals surface area contributed by atoms with Crippen molar-refractivity contribution < 1.29 is 0 Å². The van der Waals surface area contributed by atoms with Crippen LogP contribution in [0.25, 0.3) is 0 Å². The molecule has 0 saturated heterocycles. The third-order valence-corrected chi connectivity index (χ3v) is 4.70. The standard InChI is InChI=1S/C11H16N6S2/c1-5-7-13-8(12)6(2)9(14-7)18-11-16-15-10(19-11)17(3)4/h5H2,1-4H3,(H2,12,13,14). The monoisotopic (exact) mass is 296 g/mol. The zero-order chi connectivity index (χ0) is 14.0. The molecule has 102 valence electrons. The maximum Gasteiger partial charge on any atom is 0.208 e.